The number of amidine groups is 1. The minimum atomic E-state index is 0.816. The van der Waals surface area contributed by atoms with Gasteiger partial charge in [0.1, 0.15) is 11.6 Å². The van der Waals surface area contributed by atoms with Crippen molar-refractivity contribution in [1.82, 2.24) is 0 Å². The third-order valence-electron chi connectivity index (χ3n) is 3.41. The number of benzene rings is 2. The number of hydrogen-bond acceptors (Lipinski definition) is 2. The molecule has 0 fully saturated rings. The smallest absolute Gasteiger partial charge is 0.119 e. The summed E-state index contributed by atoms with van der Waals surface area (Å²) in [7, 11) is 1.68. The van der Waals surface area contributed by atoms with Crippen LogP contribution in [0.1, 0.15) is 25.3 Å². The highest BCUT2D eigenvalue weighted by Gasteiger charge is 2.03. The quantitative estimate of drug-likeness (QED) is 0.462. The highest BCUT2D eigenvalue weighted by Crippen LogP contribution is 2.15. The monoisotopic (exact) mass is 296 g/mol. The fourth-order valence-electron chi connectivity index (χ4n) is 2.14. The molecule has 3 nitrogen and oxygen atoms in total. The molecule has 116 valence electrons. The van der Waals surface area contributed by atoms with Crippen molar-refractivity contribution in [2.45, 2.75) is 26.2 Å². The summed E-state index contributed by atoms with van der Waals surface area (Å²) >= 11 is 0. The lowest BCUT2D eigenvalue weighted by atomic mass is 10.1. The largest absolute Gasteiger partial charge is 0.497 e. The first kappa shape index (κ1) is 16.1. The van der Waals surface area contributed by atoms with Crippen LogP contribution in [0.3, 0.4) is 0 Å². The zero-order valence-electron chi connectivity index (χ0n) is 13.4. The van der Waals surface area contributed by atoms with E-state index in [2.05, 4.69) is 36.5 Å². The van der Waals surface area contributed by atoms with Gasteiger partial charge >= 0.3 is 0 Å². The average Bonchev–Trinajstić information content (AvgIpc) is 2.56. The Bertz CT molecular complexity index is 576. The number of ether oxygens (including phenoxy) is 1. The maximum Gasteiger partial charge on any atom is 0.119 e. The summed E-state index contributed by atoms with van der Waals surface area (Å²) in [6.07, 6.45) is 3.09. The molecule has 0 saturated heterocycles. The Hall–Kier alpha value is -2.29. The first-order valence-corrected chi connectivity index (χ1v) is 7.80. The Labute approximate surface area is 133 Å². The number of aliphatic imine (C=N–C) groups is 1. The van der Waals surface area contributed by atoms with Crippen LogP contribution in [0.5, 0.6) is 5.75 Å². The van der Waals surface area contributed by atoms with Gasteiger partial charge in [0, 0.05) is 18.7 Å². The highest BCUT2D eigenvalue weighted by molar-refractivity contribution is 5.96. The summed E-state index contributed by atoms with van der Waals surface area (Å²) in [6, 6.07) is 18.4. The van der Waals surface area contributed by atoms with E-state index < -0.39 is 0 Å². The highest BCUT2D eigenvalue weighted by atomic mass is 16.5. The van der Waals surface area contributed by atoms with Gasteiger partial charge in [0.25, 0.3) is 0 Å². The van der Waals surface area contributed by atoms with Crippen LogP contribution in [0.4, 0.5) is 5.69 Å². The molecule has 22 heavy (non-hydrogen) atoms. The van der Waals surface area contributed by atoms with Crippen molar-refractivity contribution < 1.29 is 4.74 Å². The Kier molecular flexibility index (Phi) is 6.49. The van der Waals surface area contributed by atoms with Crippen molar-refractivity contribution >= 4 is 11.5 Å². The lowest BCUT2D eigenvalue weighted by Gasteiger charge is -2.11. The van der Waals surface area contributed by atoms with Gasteiger partial charge in [0.2, 0.25) is 0 Å². The van der Waals surface area contributed by atoms with Crippen LogP contribution in [-0.4, -0.2) is 19.5 Å². The van der Waals surface area contributed by atoms with E-state index in [-0.39, 0.29) is 0 Å². The fraction of sp³-hybridized carbons (Fsp3) is 0.316. The zero-order chi connectivity index (χ0) is 15.6. The first-order valence-electron chi connectivity index (χ1n) is 7.80. The van der Waals surface area contributed by atoms with Gasteiger partial charge in [-0.05, 0) is 36.2 Å². The summed E-state index contributed by atoms with van der Waals surface area (Å²) in [5, 5.41) is 3.43. The van der Waals surface area contributed by atoms with E-state index in [4.69, 9.17) is 9.73 Å². The molecule has 0 heterocycles. The van der Waals surface area contributed by atoms with Gasteiger partial charge in [0.15, 0.2) is 0 Å². The second-order valence-corrected chi connectivity index (χ2v) is 5.20. The van der Waals surface area contributed by atoms with Gasteiger partial charge in [-0.25, -0.2) is 0 Å². The molecule has 0 unspecified atom stereocenters. The van der Waals surface area contributed by atoms with Gasteiger partial charge in [-0.15, -0.1) is 0 Å². The van der Waals surface area contributed by atoms with Crippen molar-refractivity contribution in [1.29, 1.82) is 0 Å². The summed E-state index contributed by atoms with van der Waals surface area (Å²) in [5.41, 5.74) is 2.30. The number of anilines is 1. The Balaban J connectivity index is 2.07. The maximum absolute atomic E-state index is 5.19. The van der Waals surface area contributed by atoms with E-state index in [1.165, 1.54) is 5.56 Å². The van der Waals surface area contributed by atoms with Crippen molar-refractivity contribution in [3.63, 3.8) is 0 Å². The van der Waals surface area contributed by atoms with E-state index in [1.807, 2.05) is 30.3 Å². The maximum atomic E-state index is 5.19. The van der Waals surface area contributed by atoms with Crippen LogP contribution in [0.25, 0.3) is 0 Å². The van der Waals surface area contributed by atoms with E-state index >= 15 is 0 Å². The van der Waals surface area contributed by atoms with Crippen molar-refractivity contribution in [2.24, 2.45) is 4.99 Å². The molecule has 0 bridgehead atoms. The van der Waals surface area contributed by atoms with Crippen LogP contribution in [0.2, 0.25) is 0 Å². The molecule has 0 radical (unpaired) electrons. The molecule has 0 aliphatic heterocycles. The molecule has 2 rings (SSSR count). The van der Waals surface area contributed by atoms with Crippen LogP contribution < -0.4 is 10.1 Å². The van der Waals surface area contributed by atoms with E-state index in [9.17, 15) is 0 Å². The third-order valence-corrected chi connectivity index (χ3v) is 3.41. The summed E-state index contributed by atoms with van der Waals surface area (Å²) in [4.78, 5) is 4.72. The molecule has 0 aromatic heterocycles. The lowest BCUT2D eigenvalue weighted by molar-refractivity contribution is 0.415. The molecule has 2 aromatic carbocycles. The topological polar surface area (TPSA) is 33.6 Å². The van der Waals surface area contributed by atoms with Gasteiger partial charge in [-0.2, -0.15) is 0 Å². The Morgan fingerprint density at radius 2 is 1.77 bits per heavy atom. The number of rotatable bonds is 7. The fourth-order valence-corrected chi connectivity index (χ4v) is 2.14. The van der Waals surface area contributed by atoms with Gasteiger partial charge in [-0.1, -0.05) is 43.7 Å². The van der Waals surface area contributed by atoms with Gasteiger partial charge < -0.3 is 10.1 Å². The normalized spacial score (nSPS) is 11.3. The predicted molar refractivity (Wildman–Crippen MR) is 94.0 cm³/mol. The number of nitrogens with zero attached hydrogens (tertiary/aromatic N) is 1. The summed E-state index contributed by atoms with van der Waals surface area (Å²) < 4.78 is 5.19. The van der Waals surface area contributed by atoms with Crippen LogP contribution in [0, 0.1) is 0 Å². The van der Waals surface area contributed by atoms with Crippen molar-refractivity contribution in [3.8, 4) is 5.75 Å². The molecule has 0 atom stereocenters. The van der Waals surface area contributed by atoms with Crippen LogP contribution in [-0.2, 0) is 6.42 Å². The zero-order valence-corrected chi connectivity index (χ0v) is 13.4. The van der Waals surface area contributed by atoms with E-state index in [1.54, 1.807) is 7.11 Å². The van der Waals surface area contributed by atoms with Crippen molar-refractivity contribution in [2.75, 3.05) is 19.0 Å². The summed E-state index contributed by atoms with van der Waals surface area (Å²) in [5.74, 6) is 1.86. The number of nitrogens with one attached hydrogen (secondary N) is 1. The van der Waals surface area contributed by atoms with Crippen LogP contribution in [0.15, 0.2) is 59.6 Å². The van der Waals surface area contributed by atoms with Gasteiger partial charge in [-0.3, -0.25) is 4.99 Å². The Morgan fingerprint density at radius 1 is 1.05 bits per heavy atom. The standard InChI is InChI=1S/C19H24N2O/c1-3-4-14-20-19(15-16-8-6-5-7-9-16)21-17-10-12-18(22-2)13-11-17/h5-13H,3-4,14-15H2,1-2H3,(H,20,21). The molecule has 0 amide bonds. The second kappa shape index (κ2) is 8.88. The molecular formula is C19H24N2O. The van der Waals surface area contributed by atoms with E-state index in [0.29, 0.717) is 0 Å². The van der Waals surface area contributed by atoms with Crippen molar-refractivity contribution in [3.05, 3.63) is 60.2 Å². The minimum Gasteiger partial charge on any atom is -0.497 e. The summed E-state index contributed by atoms with van der Waals surface area (Å²) in [6.45, 7) is 3.05. The molecule has 0 aliphatic rings. The predicted octanol–water partition coefficient (Wildman–Crippen LogP) is 4.55. The number of unbranched alkanes of at least 4 members (excludes halogenated alkanes) is 1. The lowest BCUT2D eigenvalue weighted by Crippen LogP contribution is -2.16. The Morgan fingerprint density at radius 3 is 2.41 bits per heavy atom. The molecule has 0 aliphatic carbocycles. The molecule has 0 saturated carbocycles. The SMILES string of the molecule is CCCCN=C(Cc1ccccc1)Nc1ccc(OC)cc1. The minimum absolute atomic E-state index is 0.816. The molecule has 0 spiro atoms. The van der Waals surface area contributed by atoms with Crippen LogP contribution >= 0.6 is 0 Å². The second-order valence-electron chi connectivity index (χ2n) is 5.20. The number of hydrogen-bond donors (Lipinski definition) is 1. The van der Waals surface area contributed by atoms with E-state index in [0.717, 1.165) is 43.1 Å². The molecular weight excluding hydrogens is 272 g/mol. The average molecular weight is 296 g/mol. The number of methoxy groups -OCH3 is 1. The molecule has 2 aromatic rings. The third kappa shape index (κ3) is 5.24. The first-order chi connectivity index (χ1) is 10.8. The van der Waals surface area contributed by atoms with Gasteiger partial charge in [0.05, 0.1) is 7.11 Å². The molecule has 1 N–H and O–H groups in total. The molecule has 3 heteroatoms.